The van der Waals surface area contributed by atoms with Crippen LogP contribution >= 0.6 is 0 Å². The van der Waals surface area contributed by atoms with Crippen molar-refractivity contribution in [1.82, 2.24) is 9.97 Å². The predicted molar refractivity (Wildman–Crippen MR) is 84.4 cm³/mol. The minimum Gasteiger partial charge on any atom is -0.487 e. The second kappa shape index (κ2) is 5.92. The number of hydrogen-bond acceptors (Lipinski definition) is 3. The van der Waals surface area contributed by atoms with Crippen LogP contribution in [-0.2, 0) is 13.0 Å². The quantitative estimate of drug-likeness (QED) is 0.721. The second-order valence-electron chi connectivity index (χ2n) is 5.03. The molecular weight excluding hydrogens is 260 g/mol. The van der Waals surface area contributed by atoms with Crippen LogP contribution in [-0.4, -0.2) is 9.97 Å². The lowest BCUT2D eigenvalue weighted by Gasteiger charge is -2.09. The maximum absolute atomic E-state index is 5.82. The maximum atomic E-state index is 5.82. The fraction of sp³-hybridized carbons (Fsp3) is 0.222. The number of para-hydroxylation sites is 2. The van der Waals surface area contributed by atoms with Gasteiger partial charge in [-0.3, -0.25) is 0 Å². The molecule has 0 aliphatic heterocycles. The number of fused-ring (bicyclic) bond motifs is 1. The molecule has 2 aromatic carbocycles. The molecule has 0 aliphatic rings. The molecule has 0 spiro atoms. The molecule has 1 aromatic heterocycles. The summed E-state index contributed by atoms with van der Waals surface area (Å²) in [5.74, 6) is 0.863. The maximum Gasteiger partial charge on any atom is 0.132 e. The van der Waals surface area contributed by atoms with E-state index in [1.54, 1.807) is 0 Å². The van der Waals surface area contributed by atoms with Gasteiger partial charge in [-0.25, -0.2) is 9.97 Å². The molecule has 0 fully saturated rings. The normalized spacial score (nSPS) is 10.8. The summed E-state index contributed by atoms with van der Waals surface area (Å²) in [6.45, 7) is 4.55. The first-order chi connectivity index (χ1) is 10.3. The van der Waals surface area contributed by atoms with E-state index in [-0.39, 0.29) is 0 Å². The van der Waals surface area contributed by atoms with Gasteiger partial charge in [0.25, 0.3) is 0 Å². The Bertz CT molecular complexity index is 751. The van der Waals surface area contributed by atoms with Crippen LogP contribution in [0, 0.1) is 6.92 Å². The van der Waals surface area contributed by atoms with Crippen LogP contribution in [0.3, 0.4) is 0 Å². The summed E-state index contributed by atoms with van der Waals surface area (Å²) >= 11 is 0. The van der Waals surface area contributed by atoms with Gasteiger partial charge in [-0.15, -0.1) is 0 Å². The van der Waals surface area contributed by atoms with E-state index in [1.165, 1.54) is 5.56 Å². The molecular formula is C18H18N2O. The number of nitrogens with zero attached hydrogens (tertiary/aromatic N) is 2. The SMILES string of the molecule is CCc1ccc(OCc2nc3ccccc3nc2C)cc1. The molecule has 0 saturated carbocycles. The summed E-state index contributed by atoms with van der Waals surface area (Å²) in [5.41, 5.74) is 4.94. The standard InChI is InChI=1S/C18H18N2O/c1-3-14-8-10-15(11-9-14)21-12-18-13(2)19-16-6-4-5-7-17(16)20-18/h4-11H,3,12H2,1-2H3. The van der Waals surface area contributed by atoms with Gasteiger partial charge in [-0.1, -0.05) is 31.2 Å². The minimum atomic E-state index is 0.440. The first kappa shape index (κ1) is 13.6. The van der Waals surface area contributed by atoms with Gasteiger partial charge in [0.15, 0.2) is 0 Å². The lowest BCUT2D eigenvalue weighted by molar-refractivity contribution is 0.300. The highest BCUT2D eigenvalue weighted by Gasteiger charge is 2.06. The van der Waals surface area contributed by atoms with Crippen LogP contribution in [0.25, 0.3) is 11.0 Å². The Morgan fingerprint density at radius 3 is 2.24 bits per heavy atom. The first-order valence-corrected chi connectivity index (χ1v) is 7.20. The van der Waals surface area contributed by atoms with E-state index in [0.717, 1.165) is 34.6 Å². The third-order valence-corrected chi connectivity index (χ3v) is 3.55. The highest BCUT2D eigenvalue weighted by molar-refractivity contribution is 5.74. The number of ether oxygens (including phenoxy) is 1. The highest BCUT2D eigenvalue weighted by Crippen LogP contribution is 2.16. The first-order valence-electron chi connectivity index (χ1n) is 7.20. The third-order valence-electron chi connectivity index (χ3n) is 3.55. The average molecular weight is 278 g/mol. The van der Waals surface area contributed by atoms with Gasteiger partial charge in [0.05, 0.1) is 22.4 Å². The molecule has 3 rings (SSSR count). The largest absolute Gasteiger partial charge is 0.487 e. The zero-order valence-corrected chi connectivity index (χ0v) is 12.3. The molecule has 0 saturated heterocycles. The second-order valence-corrected chi connectivity index (χ2v) is 5.03. The summed E-state index contributed by atoms with van der Waals surface area (Å²) in [4.78, 5) is 9.21. The molecule has 0 atom stereocenters. The van der Waals surface area contributed by atoms with Gasteiger partial charge in [0, 0.05) is 0 Å². The zero-order chi connectivity index (χ0) is 14.7. The Balaban J connectivity index is 1.79. The summed E-state index contributed by atoms with van der Waals surface area (Å²) in [6, 6.07) is 16.1. The zero-order valence-electron chi connectivity index (χ0n) is 12.3. The van der Waals surface area contributed by atoms with Gasteiger partial charge in [-0.2, -0.15) is 0 Å². The Kier molecular flexibility index (Phi) is 3.82. The molecule has 3 nitrogen and oxygen atoms in total. The molecule has 3 aromatic rings. The summed E-state index contributed by atoms with van der Waals surface area (Å²) in [6.07, 6.45) is 1.04. The number of rotatable bonds is 4. The molecule has 3 heteroatoms. The summed E-state index contributed by atoms with van der Waals surface area (Å²) in [7, 11) is 0. The van der Waals surface area contributed by atoms with Crippen molar-refractivity contribution >= 4 is 11.0 Å². The van der Waals surface area contributed by atoms with E-state index >= 15 is 0 Å². The molecule has 106 valence electrons. The number of aromatic nitrogens is 2. The monoisotopic (exact) mass is 278 g/mol. The number of benzene rings is 2. The molecule has 0 aliphatic carbocycles. The van der Waals surface area contributed by atoms with E-state index in [1.807, 2.05) is 43.3 Å². The Hall–Kier alpha value is -2.42. The van der Waals surface area contributed by atoms with Crippen LogP contribution in [0.1, 0.15) is 23.9 Å². The van der Waals surface area contributed by atoms with Crippen molar-refractivity contribution in [1.29, 1.82) is 0 Å². The van der Waals surface area contributed by atoms with E-state index in [9.17, 15) is 0 Å². The van der Waals surface area contributed by atoms with Gasteiger partial charge >= 0.3 is 0 Å². The summed E-state index contributed by atoms with van der Waals surface area (Å²) in [5, 5.41) is 0. The molecule has 0 amide bonds. The van der Waals surface area contributed by atoms with Crippen molar-refractivity contribution in [2.24, 2.45) is 0 Å². The third kappa shape index (κ3) is 3.02. The molecule has 0 radical (unpaired) electrons. The van der Waals surface area contributed by atoms with Crippen molar-refractivity contribution in [3.05, 3.63) is 65.5 Å². The molecule has 0 N–H and O–H groups in total. The lowest BCUT2D eigenvalue weighted by Crippen LogP contribution is -2.03. The Labute approximate surface area is 124 Å². The average Bonchev–Trinajstić information content (AvgIpc) is 2.53. The lowest BCUT2D eigenvalue weighted by atomic mass is 10.2. The predicted octanol–water partition coefficient (Wildman–Crippen LogP) is 4.08. The van der Waals surface area contributed by atoms with Crippen LogP contribution in [0.2, 0.25) is 0 Å². The number of aryl methyl sites for hydroxylation is 2. The van der Waals surface area contributed by atoms with Crippen LogP contribution in [0.4, 0.5) is 0 Å². The van der Waals surface area contributed by atoms with Crippen molar-refractivity contribution in [2.45, 2.75) is 26.9 Å². The van der Waals surface area contributed by atoms with Gasteiger partial charge in [-0.05, 0) is 43.2 Å². The molecule has 0 bridgehead atoms. The van der Waals surface area contributed by atoms with Gasteiger partial charge in [0.2, 0.25) is 0 Å². The van der Waals surface area contributed by atoms with Crippen molar-refractivity contribution in [3.63, 3.8) is 0 Å². The van der Waals surface area contributed by atoms with E-state index < -0.39 is 0 Å². The Morgan fingerprint density at radius 2 is 1.57 bits per heavy atom. The van der Waals surface area contributed by atoms with Gasteiger partial charge < -0.3 is 4.74 Å². The van der Waals surface area contributed by atoms with E-state index in [2.05, 4.69) is 29.0 Å². The number of hydrogen-bond donors (Lipinski definition) is 0. The molecule has 21 heavy (non-hydrogen) atoms. The van der Waals surface area contributed by atoms with Crippen LogP contribution in [0.15, 0.2) is 48.5 Å². The van der Waals surface area contributed by atoms with Crippen LogP contribution in [0.5, 0.6) is 5.75 Å². The van der Waals surface area contributed by atoms with Crippen LogP contribution < -0.4 is 4.74 Å². The van der Waals surface area contributed by atoms with Crippen molar-refractivity contribution in [2.75, 3.05) is 0 Å². The molecule has 0 unspecified atom stereocenters. The fourth-order valence-electron chi connectivity index (χ4n) is 2.23. The summed E-state index contributed by atoms with van der Waals surface area (Å²) < 4.78 is 5.82. The smallest absolute Gasteiger partial charge is 0.132 e. The fourth-order valence-corrected chi connectivity index (χ4v) is 2.23. The highest BCUT2D eigenvalue weighted by atomic mass is 16.5. The minimum absolute atomic E-state index is 0.440. The van der Waals surface area contributed by atoms with Gasteiger partial charge in [0.1, 0.15) is 12.4 Å². The van der Waals surface area contributed by atoms with Crippen molar-refractivity contribution < 1.29 is 4.74 Å². The molecule has 1 heterocycles. The Morgan fingerprint density at radius 1 is 0.905 bits per heavy atom. The van der Waals surface area contributed by atoms with E-state index in [0.29, 0.717) is 6.61 Å². The topological polar surface area (TPSA) is 35.0 Å². The van der Waals surface area contributed by atoms with E-state index in [4.69, 9.17) is 4.74 Å². The van der Waals surface area contributed by atoms with Crippen molar-refractivity contribution in [3.8, 4) is 5.75 Å².